The van der Waals surface area contributed by atoms with Gasteiger partial charge in [0.25, 0.3) is 0 Å². The van der Waals surface area contributed by atoms with Crippen molar-refractivity contribution in [3.63, 3.8) is 0 Å². The summed E-state index contributed by atoms with van der Waals surface area (Å²) in [6.07, 6.45) is 2.32. The van der Waals surface area contributed by atoms with Crippen molar-refractivity contribution in [3.8, 4) is 0 Å². The molecule has 17 heavy (non-hydrogen) atoms. The molecule has 0 saturated heterocycles. The topological polar surface area (TPSA) is 12.0 Å². The molecule has 0 aliphatic heterocycles. The first kappa shape index (κ1) is 14.5. The summed E-state index contributed by atoms with van der Waals surface area (Å²) in [7, 11) is 0. The third kappa shape index (κ3) is 5.10. The zero-order valence-corrected chi connectivity index (χ0v) is 12.1. The fourth-order valence-corrected chi connectivity index (χ4v) is 2.22. The smallest absolute Gasteiger partial charge is 0.0453 e. The molecule has 0 spiro atoms. The first-order valence-electron chi connectivity index (χ1n) is 6.42. The van der Waals surface area contributed by atoms with E-state index in [0.717, 1.165) is 18.0 Å². The van der Waals surface area contributed by atoms with Gasteiger partial charge in [-0.1, -0.05) is 57.5 Å². The van der Waals surface area contributed by atoms with E-state index >= 15 is 0 Å². The van der Waals surface area contributed by atoms with E-state index in [1.165, 1.54) is 12.0 Å². The minimum absolute atomic E-state index is 0.368. The van der Waals surface area contributed by atoms with Crippen molar-refractivity contribution in [1.29, 1.82) is 0 Å². The Morgan fingerprint density at radius 3 is 2.41 bits per heavy atom. The summed E-state index contributed by atoms with van der Waals surface area (Å²) in [5, 5.41) is 4.40. The van der Waals surface area contributed by atoms with Crippen LogP contribution in [0.5, 0.6) is 0 Å². The second kappa shape index (κ2) is 6.42. The standard InChI is InChI=1S/C15H24ClN/c1-5-17-14(10-11-15(2,3)4)12-8-6-7-9-13(12)16/h6-9,14,17H,5,10-11H2,1-4H3. The molecule has 0 radical (unpaired) electrons. The molecule has 0 aliphatic carbocycles. The Balaban J connectivity index is 2.75. The first-order valence-corrected chi connectivity index (χ1v) is 6.79. The van der Waals surface area contributed by atoms with Gasteiger partial charge in [0.05, 0.1) is 0 Å². The van der Waals surface area contributed by atoms with Crippen LogP contribution in [-0.4, -0.2) is 6.54 Å². The highest BCUT2D eigenvalue weighted by molar-refractivity contribution is 6.31. The molecule has 1 atom stereocenters. The van der Waals surface area contributed by atoms with E-state index in [0.29, 0.717) is 11.5 Å². The lowest BCUT2D eigenvalue weighted by molar-refractivity contribution is 0.334. The lowest BCUT2D eigenvalue weighted by Gasteiger charge is -2.24. The molecule has 1 aromatic rings. The monoisotopic (exact) mass is 253 g/mol. The van der Waals surface area contributed by atoms with Crippen LogP contribution in [0.1, 0.15) is 52.1 Å². The molecule has 1 aromatic carbocycles. The van der Waals surface area contributed by atoms with Crippen LogP contribution in [-0.2, 0) is 0 Å². The van der Waals surface area contributed by atoms with Crippen LogP contribution >= 0.6 is 11.6 Å². The third-order valence-electron chi connectivity index (χ3n) is 2.91. The Hall–Kier alpha value is -0.530. The molecule has 2 heteroatoms. The van der Waals surface area contributed by atoms with E-state index < -0.39 is 0 Å². The quantitative estimate of drug-likeness (QED) is 0.794. The minimum atomic E-state index is 0.368. The number of hydrogen-bond donors (Lipinski definition) is 1. The Morgan fingerprint density at radius 2 is 1.88 bits per heavy atom. The summed E-state index contributed by atoms with van der Waals surface area (Å²) in [6, 6.07) is 8.51. The second-order valence-electron chi connectivity index (χ2n) is 5.73. The van der Waals surface area contributed by atoms with Crippen molar-refractivity contribution in [2.45, 2.75) is 46.6 Å². The van der Waals surface area contributed by atoms with Gasteiger partial charge >= 0.3 is 0 Å². The molecular formula is C15H24ClN. The van der Waals surface area contributed by atoms with Crippen molar-refractivity contribution >= 4 is 11.6 Å². The minimum Gasteiger partial charge on any atom is -0.310 e. The Kier molecular flexibility index (Phi) is 5.48. The first-order chi connectivity index (χ1) is 7.94. The van der Waals surface area contributed by atoms with Crippen molar-refractivity contribution in [2.75, 3.05) is 6.54 Å². The van der Waals surface area contributed by atoms with Gasteiger partial charge in [0, 0.05) is 11.1 Å². The van der Waals surface area contributed by atoms with Gasteiger partial charge in [-0.2, -0.15) is 0 Å². The van der Waals surface area contributed by atoms with Crippen LogP contribution in [0.25, 0.3) is 0 Å². The Bertz CT molecular complexity index is 341. The molecule has 0 bridgehead atoms. The molecule has 0 amide bonds. The number of benzene rings is 1. The average molecular weight is 254 g/mol. The van der Waals surface area contributed by atoms with E-state index in [4.69, 9.17) is 11.6 Å². The predicted octanol–water partition coefficient (Wildman–Crippen LogP) is 4.82. The van der Waals surface area contributed by atoms with E-state index in [9.17, 15) is 0 Å². The second-order valence-corrected chi connectivity index (χ2v) is 6.14. The van der Waals surface area contributed by atoms with Gasteiger partial charge < -0.3 is 5.32 Å². The zero-order valence-electron chi connectivity index (χ0n) is 11.4. The highest BCUT2D eigenvalue weighted by atomic mass is 35.5. The SMILES string of the molecule is CCNC(CCC(C)(C)C)c1ccccc1Cl. The van der Waals surface area contributed by atoms with Crippen LogP contribution in [0.2, 0.25) is 5.02 Å². The van der Waals surface area contributed by atoms with Crippen LogP contribution in [0, 0.1) is 5.41 Å². The number of hydrogen-bond acceptors (Lipinski definition) is 1. The van der Waals surface area contributed by atoms with Crippen molar-refractivity contribution < 1.29 is 0 Å². The van der Waals surface area contributed by atoms with Gasteiger partial charge in [-0.05, 0) is 36.4 Å². The lowest BCUT2D eigenvalue weighted by atomic mass is 9.87. The fourth-order valence-electron chi connectivity index (χ4n) is 1.95. The number of nitrogens with one attached hydrogen (secondary N) is 1. The highest BCUT2D eigenvalue weighted by Gasteiger charge is 2.17. The van der Waals surface area contributed by atoms with Gasteiger partial charge in [0.15, 0.2) is 0 Å². The molecule has 1 N–H and O–H groups in total. The largest absolute Gasteiger partial charge is 0.310 e. The summed E-state index contributed by atoms with van der Waals surface area (Å²) in [5.41, 5.74) is 1.59. The Labute approximate surface area is 111 Å². The van der Waals surface area contributed by atoms with Gasteiger partial charge in [0.2, 0.25) is 0 Å². The van der Waals surface area contributed by atoms with Gasteiger partial charge in [0.1, 0.15) is 0 Å². The molecule has 0 fully saturated rings. The normalized spacial score (nSPS) is 13.7. The highest BCUT2D eigenvalue weighted by Crippen LogP contribution is 2.30. The molecule has 0 heterocycles. The summed E-state index contributed by atoms with van der Waals surface area (Å²) in [5.74, 6) is 0. The summed E-state index contributed by atoms with van der Waals surface area (Å²) in [6.45, 7) is 9.95. The molecule has 0 saturated carbocycles. The van der Waals surface area contributed by atoms with Crippen LogP contribution in [0.4, 0.5) is 0 Å². The van der Waals surface area contributed by atoms with Gasteiger partial charge in [-0.25, -0.2) is 0 Å². The van der Waals surface area contributed by atoms with E-state index in [1.807, 2.05) is 12.1 Å². The molecule has 96 valence electrons. The number of halogens is 1. The zero-order chi connectivity index (χ0) is 12.9. The third-order valence-corrected chi connectivity index (χ3v) is 3.26. The molecule has 0 aromatic heterocycles. The summed E-state index contributed by atoms with van der Waals surface area (Å²) in [4.78, 5) is 0. The predicted molar refractivity (Wildman–Crippen MR) is 76.6 cm³/mol. The summed E-state index contributed by atoms with van der Waals surface area (Å²) >= 11 is 6.26. The van der Waals surface area contributed by atoms with Crippen molar-refractivity contribution in [2.24, 2.45) is 5.41 Å². The van der Waals surface area contributed by atoms with E-state index in [-0.39, 0.29) is 0 Å². The van der Waals surface area contributed by atoms with Crippen LogP contribution < -0.4 is 5.32 Å². The molecule has 1 unspecified atom stereocenters. The van der Waals surface area contributed by atoms with Crippen molar-refractivity contribution in [1.82, 2.24) is 5.32 Å². The lowest BCUT2D eigenvalue weighted by Crippen LogP contribution is -2.22. The maximum absolute atomic E-state index is 6.26. The Morgan fingerprint density at radius 1 is 1.24 bits per heavy atom. The van der Waals surface area contributed by atoms with E-state index in [2.05, 4.69) is 45.1 Å². The van der Waals surface area contributed by atoms with Crippen LogP contribution in [0.15, 0.2) is 24.3 Å². The van der Waals surface area contributed by atoms with Crippen LogP contribution in [0.3, 0.4) is 0 Å². The molecule has 1 rings (SSSR count). The molecular weight excluding hydrogens is 230 g/mol. The van der Waals surface area contributed by atoms with E-state index in [1.54, 1.807) is 0 Å². The van der Waals surface area contributed by atoms with Gasteiger partial charge in [-0.3, -0.25) is 0 Å². The fraction of sp³-hybridized carbons (Fsp3) is 0.600. The maximum atomic E-state index is 6.26. The maximum Gasteiger partial charge on any atom is 0.0453 e. The van der Waals surface area contributed by atoms with Crippen molar-refractivity contribution in [3.05, 3.63) is 34.9 Å². The number of rotatable bonds is 5. The molecule has 0 aliphatic rings. The summed E-state index contributed by atoms with van der Waals surface area (Å²) < 4.78 is 0. The average Bonchev–Trinajstić information content (AvgIpc) is 2.24. The molecule has 1 nitrogen and oxygen atoms in total. The van der Waals surface area contributed by atoms with Gasteiger partial charge in [-0.15, -0.1) is 0 Å².